The van der Waals surface area contributed by atoms with Crippen molar-refractivity contribution < 1.29 is 19.1 Å². The Morgan fingerprint density at radius 2 is 1.78 bits per heavy atom. The van der Waals surface area contributed by atoms with Gasteiger partial charge in [0.05, 0.1) is 26.0 Å². The van der Waals surface area contributed by atoms with Crippen molar-refractivity contribution in [2.45, 2.75) is 19.4 Å². The highest BCUT2D eigenvalue weighted by molar-refractivity contribution is 5.96. The third-order valence-corrected chi connectivity index (χ3v) is 6.20. The quantitative estimate of drug-likeness (QED) is 0.752. The van der Waals surface area contributed by atoms with Crippen molar-refractivity contribution >= 4 is 17.5 Å². The molecule has 0 radical (unpaired) electrons. The summed E-state index contributed by atoms with van der Waals surface area (Å²) in [4.78, 5) is 30.0. The molecule has 2 amide bonds. The monoisotopic (exact) mass is 437 g/mol. The summed E-state index contributed by atoms with van der Waals surface area (Å²) in [5, 5.41) is 2.97. The molecule has 2 aromatic carbocycles. The van der Waals surface area contributed by atoms with Gasteiger partial charge in [0.25, 0.3) is 5.91 Å². The maximum atomic E-state index is 13.1. The standard InChI is InChI=1S/C25H31N3O4/c1-31-23-8-3-2-7-22(23)26-24(29)20-9-11-28(12-10-20)25(30)21-6-4-5-19(17-21)18-27-13-15-32-16-14-27/h2-8,17,20H,9-16,18H2,1H3,(H,26,29). The zero-order valence-electron chi connectivity index (χ0n) is 18.6. The number of likely N-dealkylation sites (tertiary alicyclic amines) is 1. The molecule has 4 rings (SSSR count). The minimum absolute atomic E-state index is 0.0193. The number of piperidine rings is 1. The summed E-state index contributed by atoms with van der Waals surface area (Å²) < 4.78 is 10.7. The van der Waals surface area contributed by atoms with E-state index in [0.29, 0.717) is 42.9 Å². The highest BCUT2D eigenvalue weighted by Gasteiger charge is 2.28. The van der Waals surface area contributed by atoms with Gasteiger partial charge in [-0.1, -0.05) is 24.3 Å². The van der Waals surface area contributed by atoms with Crippen LogP contribution in [-0.2, 0) is 16.1 Å². The van der Waals surface area contributed by atoms with Gasteiger partial charge in [-0.15, -0.1) is 0 Å². The fourth-order valence-corrected chi connectivity index (χ4v) is 4.33. The first-order valence-corrected chi connectivity index (χ1v) is 11.3. The molecule has 0 unspecified atom stereocenters. The molecule has 0 spiro atoms. The molecule has 2 aliphatic heterocycles. The molecule has 0 atom stereocenters. The Bertz CT molecular complexity index is 934. The van der Waals surface area contributed by atoms with Gasteiger partial charge in [-0.2, -0.15) is 0 Å². The van der Waals surface area contributed by atoms with Crippen molar-refractivity contribution in [3.8, 4) is 5.75 Å². The molecule has 0 saturated carbocycles. The van der Waals surface area contributed by atoms with Crippen LogP contribution < -0.4 is 10.1 Å². The summed E-state index contributed by atoms with van der Waals surface area (Å²) in [6.07, 6.45) is 1.31. The number of hydrogen-bond acceptors (Lipinski definition) is 5. The van der Waals surface area contributed by atoms with Crippen molar-refractivity contribution in [2.75, 3.05) is 51.8 Å². The Kier molecular flexibility index (Phi) is 7.39. The largest absolute Gasteiger partial charge is 0.495 e. The van der Waals surface area contributed by atoms with Crippen LogP contribution in [0.5, 0.6) is 5.75 Å². The molecule has 2 heterocycles. The first-order valence-electron chi connectivity index (χ1n) is 11.3. The van der Waals surface area contributed by atoms with Gasteiger partial charge in [0.1, 0.15) is 5.75 Å². The summed E-state index contributed by atoms with van der Waals surface area (Å²) in [7, 11) is 1.59. The van der Waals surface area contributed by atoms with Crippen LogP contribution in [0, 0.1) is 5.92 Å². The van der Waals surface area contributed by atoms with Gasteiger partial charge in [0.15, 0.2) is 0 Å². The van der Waals surface area contributed by atoms with Crippen LogP contribution in [0.3, 0.4) is 0 Å². The molecule has 7 heteroatoms. The van der Waals surface area contributed by atoms with Crippen molar-refractivity contribution in [1.82, 2.24) is 9.80 Å². The number of para-hydroxylation sites is 2. The van der Waals surface area contributed by atoms with Gasteiger partial charge in [-0.05, 0) is 42.7 Å². The topological polar surface area (TPSA) is 71.1 Å². The molecule has 0 bridgehead atoms. The van der Waals surface area contributed by atoms with Gasteiger partial charge in [-0.3, -0.25) is 14.5 Å². The molecule has 0 aliphatic carbocycles. The molecule has 0 aromatic heterocycles. The predicted octanol–water partition coefficient (Wildman–Crippen LogP) is 3.02. The maximum Gasteiger partial charge on any atom is 0.253 e. The molecular formula is C25H31N3O4. The Morgan fingerprint density at radius 3 is 2.53 bits per heavy atom. The smallest absolute Gasteiger partial charge is 0.253 e. The molecular weight excluding hydrogens is 406 g/mol. The zero-order chi connectivity index (χ0) is 22.3. The Hall–Kier alpha value is -2.90. The van der Waals surface area contributed by atoms with E-state index in [1.165, 1.54) is 0 Å². The summed E-state index contributed by atoms with van der Waals surface area (Å²) in [6.45, 7) is 5.35. The van der Waals surface area contributed by atoms with Crippen LogP contribution in [-0.4, -0.2) is 68.1 Å². The number of amides is 2. The minimum Gasteiger partial charge on any atom is -0.495 e. The number of benzene rings is 2. The summed E-state index contributed by atoms with van der Waals surface area (Å²) in [5.74, 6) is 0.550. The molecule has 2 aromatic rings. The van der Waals surface area contributed by atoms with E-state index < -0.39 is 0 Å². The number of nitrogens with one attached hydrogen (secondary N) is 1. The Labute approximate surface area is 189 Å². The van der Waals surface area contributed by atoms with E-state index in [9.17, 15) is 9.59 Å². The lowest BCUT2D eigenvalue weighted by Crippen LogP contribution is -2.41. The van der Waals surface area contributed by atoms with Crippen molar-refractivity contribution in [1.29, 1.82) is 0 Å². The van der Waals surface area contributed by atoms with E-state index in [4.69, 9.17) is 9.47 Å². The number of hydrogen-bond donors (Lipinski definition) is 1. The van der Waals surface area contributed by atoms with Gasteiger partial charge in [0, 0.05) is 44.2 Å². The number of nitrogens with zero attached hydrogens (tertiary/aromatic N) is 2. The molecule has 170 valence electrons. The second kappa shape index (κ2) is 10.6. The fourth-order valence-electron chi connectivity index (χ4n) is 4.33. The maximum absolute atomic E-state index is 13.1. The summed E-state index contributed by atoms with van der Waals surface area (Å²) >= 11 is 0. The lowest BCUT2D eigenvalue weighted by Gasteiger charge is -2.31. The van der Waals surface area contributed by atoms with E-state index in [2.05, 4.69) is 16.3 Å². The molecule has 2 saturated heterocycles. The van der Waals surface area contributed by atoms with E-state index in [1.807, 2.05) is 47.4 Å². The van der Waals surface area contributed by atoms with Crippen LogP contribution in [0.1, 0.15) is 28.8 Å². The normalized spacial score (nSPS) is 17.7. The van der Waals surface area contributed by atoms with Gasteiger partial charge < -0.3 is 19.7 Å². The third-order valence-electron chi connectivity index (χ3n) is 6.20. The Morgan fingerprint density at radius 1 is 1.03 bits per heavy atom. The molecule has 2 fully saturated rings. The SMILES string of the molecule is COc1ccccc1NC(=O)C1CCN(C(=O)c2cccc(CN3CCOCC3)c2)CC1. The highest BCUT2D eigenvalue weighted by Crippen LogP contribution is 2.26. The van der Waals surface area contributed by atoms with E-state index in [1.54, 1.807) is 7.11 Å². The second-order valence-electron chi connectivity index (χ2n) is 8.34. The minimum atomic E-state index is -0.114. The average molecular weight is 438 g/mol. The number of carbonyl (C=O) groups is 2. The van der Waals surface area contributed by atoms with Crippen molar-refractivity contribution in [3.05, 3.63) is 59.7 Å². The van der Waals surface area contributed by atoms with Crippen LogP contribution in [0.4, 0.5) is 5.69 Å². The van der Waals surface area contributed by atoms with E-state index >= 15 is 0 Å². The number of morpholine rings is 1. The Balaban J connectivity index is 1.31. The predicted molar refractivity (Wildman–Crippen MR) is 123 cm³/mol. The summed E-state index contributed by atoms with van der Waals surface area (Å²) in [6, 6.07) is 15.3. The molecule has 32 heavy (non-hydrogen) atoms. The molecule has 7 nitrogen and oxygen atoms in total. The van der Waals surface area contributed by atoms with Crippen LogP contribution >= 0.6 is 0 Å². The number of rotatable bonds is 6. The van der Waals surface area contributed by atoms with Gasteiger partial charge >= 0.3 is 0 Å². The van der Waals surface area contributed by atoms with Gasteiger partial charge in [-0.25, -0.2) is 0 Å². The van der Waals surface area contributed by atoms with E-state index in [0.717, 1.165) is 38.4 Å². The van der Waals surface area contributed by atoms with Crippen molar-refractivity contribution in [2.24, 2.45) is 5.92 Å². The lowest BCUT2D eigenvalue weighted by molar-refractivity contribution is -0.121. The number of ether oxygens (including phenoxy) is 2. The second-order valence-corrected chi connectivity index (χ2v) is 8.34. The van der Waals surface area contributed by atoms with Crippen LogP contribution in [0.15, 0.2) is 48.5 Å². The first kappa shape index (κ1) is 22.3. The molecule has 2 aliphatic rings. The van der Waals surface area contributed by atoms with Crippen LogP contribution in [0.25, 0.3) is 0 Å². The lowest BCUT2D eigenvalue weighted by atomic mass is 9.95. The van der Waals surface area contributed by atoms with E-state index in [-0.39, 0.29) is 17.7 Å². The summed E-state index contributed by atoms with van der Waals surface area (Å²) in [5.41, 5.74) is 2.53. The van der Waals surface area contributed by atoms with Gasteiger partial charge in [0.2, 0.25) is 5.91 Å². The molecule has 1 N–H and O–H groups in total. The zero-order valence-corrected chi connectivity index (χ0v) is 18.6. The number of anilines is 1. The fraction of sp³-hybridized carbons (Fsp3) is 0.440. The van der Waals surface area contributed by atoms with Crippen molar-refractivity contribution in [3.63, 3.8) is 0 Å². The number of carbonyl (C=O) groups excluding carboxylic acids is 2. The average Bonchev–Trinajstić information content (AvgIpc) is 2.85. The third kappa shape index (κ3) is 5.47. The number of methoxy groups -OCH3 is 1. The highest BCUT2D eigenvalue weighted by atomic mass is 16.5. The van der Waals surface area contributed by atoms with Crippen LogP contribution in [0.2, 0.25) is 0 Å². The first-order chi connectivity index (χ1) is 15.6.